The van der Waals surface area contributed by atoms with Gasteiger partial charge in [-0.05, 0) is 36.5 Å². The highest BCUT2D eigenvalue weighted by Crippen LogP contribution is 2.51. The number of aromatic nitrogens is 3. The molecular weight excluding hydrogens is 286 g/mol. The molecule has 5 rings (SSSR count). The van der Waals surface area contributed by atoms with Gasteiger partial charge in [-0.15, -0.1) is 0 Å². The number of benzene rings is 1. The van der Waals surface area contributed by atoms with Gasteiger partial charge >= 0.3 is 0 Å². The number of rotatable bonds is 1. The van der Waals surface area contributed by atoms with Crippen molar-refractivity contribution in [3.05, 3.63) is 71.9 Å². The van der Waals surface area contributed by atoms with Crippen LogP contribution in [0.25, 0.3) is 11.3 Å². The minimum atomic E-state index is -0.941. The van der Waals surface area contributed by atoms with Gasteiger partial charge in [-0.1, -0.05) is 24.3 Å². The largest absolute Gasteiger partial charge is 0.383 e. The van der Waals surface area contributed by atoms with Gasteiger partial charge in [0.2, 0.25) is 0 Å². The Kier molecular flexibility index (Phi) is 2.56. The van der Waals surface area contributed by atoms with Crippen molar-refractivity contribution in [3.8, 4) is 11.3 Å². The lowest BCUT2D eigenvalue weighted by atomic mass is 9.73. The molecule has 23 heavy (non-hydrogen) atoms. The van der Waals surface area contributed by atoms with E-state index in [1.807, 2.05) is 43.1 Å². The Hall–Kier alpha value is -2.46. The van der Waals surface area contributed by atoms with E-state index in [0.29, 0.717) is 0 Å². The molecule has 0 saturated heterocycles. The number of hydrogen-bond donors (Lipinski definition) is 1. The van der Waals surface area contributed by atoms with Gasteiger partial charge in [0.1, 0.15) is 5.60 Å². The van der Waals surface area contributed by atoms with Crippen LogP contribution in [-0.2, 0) is 12.0 Å². The summed E-state index contributed by atoms with van der Waals surface area (Å²) in [6.07, 6.45) is 10.1. The van der Waals surface area contributed by atoms with Crippen molar-refractivity contribution in [1.82, 2.24) is 14.5 Å². The Labute approximate surface area is 134 Å². The van der Waals surface area contributed by atoms with Crippen molar-refractivity contribution in [2.45, 2.75) is 30.9 Å². The van der Waals surface area contributed by atoms with E-state index in [4.69, 9.17) is 0 Å². The minimum absolute atomic E-state index is 0.139. The first-order valence-corrected chi connectivity index (χ1v) is 8.06. The standard InChI is InChI=1S/C19H17N3O/c23-19(8-3-4-13-7-9-20-10-16(13)19)18-15-6-2-1-5-14(15)17-11-21-12-22(17)18/h1-2,5-7,9-12,18,23H,3-4,8H2. The van der Waals surface area contributed by atoms with Gasteiger partial charge in [0.15, 0.2) is 0 Å². The average molecular weight is 303 g/mol. The number of imidazole rings is 1. The van der Waals surface area contributed by atoms with Crippen LogP contribution in [-0.4, -0.2) is 19.6 Å². The zero-order valence-electron chi connectivity index (χ0n) is 12.7. The molecule has 0 spiro atoms. The Morgan fingerprint density at radius 3 is 3.00 bits per heavy atom. The fraction of sp³-hybridized carbons (Fsp3) is 0.263. The molecule has 3 heterocycles. The van der Waals surface area contributed by atoms with E-state index in [2.05, 4.69) is 26.7 Å². The van der Waals surface area contributed by atoms with Crippen molar-refractivity contribution < 1.29 is 5.11 Å². The van der Waals surface area contributed by atoms with Gasteiger partial charge in [-0.2, -0.15) is 0 Å². The summed E-state index contributed by atoms with van der Waals surface area (Å²) in [7, 11) is 0. The second-order valence-corrected chi connectivity index (χ2v) is 6.49. The number of pyridine rings is 1. The fourth-order valence-electron chi connectivity index (χ4n) is 4.32. The first-order chi connectivity index (χ1) is 11.3. The van der Waals surface area contributed by atoms with E-state index in [0.717, 1.165) is 30.5 Å². The predicted octanol–water partition coefficient (Wildman–Crippen LogP) is 3.07. The Bertz CT molecular complexity index is 901. The summed E-state index contributed by atoms with van der Waals surface area (Å²) < 4.78 is 2.12. The highest BCUT2D eigenvalue weighted by atomic mass is 16.3. The number of hydrogen-bond acceptors (Lipinski definition) is 3. The molecule has 2 unspecified atom stereocenters. The molecule has 3 aromatic rings. The van der Waals surface area contributed by atoms with E-state index >= 15 is 0 Å². The average Bonchev–Trinajstić information content (AvgIpc) is 3.15. The lowest BCUT2D eigenvalue weighted by Crippen LogP contribution is -2.39. The van der Waals surface area contributed by atoms with E-state index in [9.17, 15) is 5.11 Å². The van der Waals surface area contributed by atoms with Crippen LogP contribution in [0.1, 0.15) is 35.6 Å². The van der Waals surface area contributed by atoms with E-state index in [1.165, 1.54) is 16.7 Å². The van der Waals surface area contributed by atoms with E-state index in [1.54, 1.807) is 0 Å². The lowest BCUT2D eigenvalue weighted by Gasteiger charge is -2.39. The molecule has 0 amide bonds. The summed E-state index contributed by atoms with van der Waals surface area (Å²) in [6, 6.07) is 10.2. The summed E-state index contributed by atoms with van der Waals surface area (Å²) in [5, 5.41) is 11.7. The number of fused-ring (bicyclic) bond motifs is 4. The van der Waals surface area contributed by atoms with Gasteiger partial charge in [-0.3, -0.25) is 4.98 Å². The van der Waals surface area contributed by atoms with Crippen LogP contribution in [0.5, 0.6) is 0 Å². The second-order valence-electron chi connectivity index (χ2n) is 6.49. The van der Waals surface area contributed by atoms with Gasteiger partial charge in [0.05, 0.1) is 24.3 Å². The summed E-state index contributed by atoms with van der Waals surface area (Å²) in [4.78, 5) is 8.59. The summed E-state index contributed by atoms with van der Waals surface area (Å²) in [5.41, 5.74) is 4.65. The van der Waals surface area contributed by atoms with Crippen molar-refractivity contribution in [1.29, 1.82) is 0 Å². The Morgan fingerprint density at radius 1 is 1.13 bits per heavy atom. The minimum Gasteiger partial charge on any atom is -0.383 e. The van der Waals surface area contributed by atoms with Crippen molar-refractivity contribution in [2.24, 2.45) is 0 Å². The quantitative estimate of drug-likeness (QED) is 0.751. The highest BCUT2D eigenvalue weighted by Gasteiger charge is 2.47. The second kappa shape index (κ2) is 4.52. The predicted molar refractivity (Wildman–Crippen MR) is 86.9 cm³/mol. The van der Waals surface area contributed by atoms with Crippen LogP contribution in [0, 0.1) is 0 Å². The maximum absolute atomic E-state index is 11.7. The van der Waals surface area contributed by atoms with Crippen molar-refractivity contribution in [3.63, 3.8) is 0 Å². The molecule has 2 atom stereocenters. The van der Waals surface area contributed by atoms with Crippen LogP contribution < -0.4 is 0 Å². The summed E-state index contributed by atoms with van der Waals surface area (Å²) >= 11 is 0. The van der Waals surface area contributed by atoms with Gasteiger partial charge in [0, 0.05) is 23.5 Å². The smallest absolute Gasteiger partial charge is 0.116 e. The van der Waals surface area contributed by atoms with Crippen molar-refractivity contribution >= 4 is 0 Å². The molecule has 4 nitrogen and oxygen atoms in total. The number of aryl methyl sites for hydroxylation is 1. The third kappa shape index (κ3) is 1.64. The van der Waals surface area contributed by atoms with Crippen LogP contribution in [0.3, 0.4) is 0 Å². The Balaban J connectivity index is 1.77. The molecule has 114 valence electrons. The Morgan fingerprint density at radius 2 is 2.04 bits per heavy atom. The van der Waals surface area contributed by atoms with Crippen molar-refractivity contribution in [2.75, 3.05) is 0 Å². The highest BCUT2D eigenvalue weighted by molar-refractivity contribution is 5.70. The molecule has 0 bridgehead atoms. The normalized spacial score (nSPS) is 24.8. The topological polar surface area (TPSA) is 50.9 Å². The monoisotopic (exact) mass is 303 g/mol. The molecule has 2 aliphatic rings. The molecule has 0 radical (unpaired) electrons. The zero-order chi connectivity index (χ0) is 15.4. The summed E-state index contributed by atoms with van der Waals surface area (Å²) in [6.45, 7) is 0. The SMILES string of the molecule is OC1(C2c3ccccc3-c3cncn32)CCCc2ccncc21. The number of aliphatic hydroxyl groups is 1. The molecule has 1 aliphatic carbocycles. The fourth-order valence-corrected chi connectivity index (χ4v) is 4.32. The zero-order valence-corrected chi connectivity index (χ0v) is 12.7. The van der Waals surface area contributed by atoms with Crippen LogP contribution in [0.15, 0.2) is 55.2 Å². The molecule has 0 saturated carbocycles. The van der Waals surface area contributed by atoms with Crippen LogP contribution >= 0.6 is 0 Å². The molecular formula is C19H17N3O. The van der Waals surface area contributed by atoms with E-state index in [-0.39, 0.29) is 6.04 Å². The first kappa shape index (κ1) is 13.0. The van der Waals surface area contributed by atoms with Gasteiger partial charge in [0.25, 0.3) is 0 Å². The summed E-state index contributed by atoms with van der Waals surface area (Å²) in [5.74, 6) is 0. The molecule has 1 aliphatic heterocycles. The van der Waals surface area contributed by atoms with Crippen LogP contribution in [0.2, 0.25) is 0 Å². The molecule has 2 aromatic heterocycles. The van der Waals surface area contributed by atoms with Gasteiger partial charge < -0.3 is 9.67 Å². The lowest BCUT2D eigenvalue weighted by molar-refractivity contribution is -0.0171. The maximum atomic E-state index is 11.7. The molecule has 1 aromatic carbocycles. The third-order valence-corrected chi connectivity index (χ3v) is 5.31. The third-order valence-electron chi connectivity index (χ3n) is 5.31. The number of nitrogens with zero attached hydrogens (tertiary/aromatic N) is 3. The molecule has 0 fully saturated rings. The molecule has 1 N–H and O–H groups in total. The van der Waals surface area contributed by atoms with E-state index < -0.39 is 5.60 Å². The first-order valence-electron chi connectivity index (χ1n) is 8.06. The van der Waals surface area contributed by atoms with Gasteiger partial charge in [-0.25, -0.2) is 4.98 Å². The van der Waals surface area contributed by atoms with Crippen LogP contribution in [0.4, 0.5) is 0 Å². The molecule has 4 heteroatoms. The maximum Gasteiger partial charge on any atom is 0.116 e.